The first-order chi connectivity index (χ1) is 19.9. The van der Waals surface area contributed by atoms with Crippen LogP contribution in [0.2, 0.25) is 5.02 Å². The summed E-state index contributed by atoms with van der Waals surface area (Å²) in [6.07, 6.45) is 2.25. The summed E-state index contributed by atoms with van der Waals surface area (Å²) < 4.78 is 24.7. The number of hydrogen-bond acceptors (Lipinski definition) is 8. The van der Waals surface area contributed by atoms with Gasteiger partial charge in [0, 0.05) is 42.3 Å². The first-order valence-electron chi connectivity index (χ1n) is 13.4. The van der Waals surface area contributed by atoms with Crippen LogP contribution in [-0.4, -0.2) is 65.1 Å². The number of thiophene rings is 1. The molecule has 2 aliphatic heterocycles. The molecule has 212 valence electrons. The van der Waals surface area contributed by atoms with E-state index in [0.29, 0.717) is 61.4 Å². The SMILES string of the molecule is C=C(CN1CCOCC1)C(=O)N1CCc2c(sc3ncnc(Nc4ccc(OCc5cccc(F)c5)c(Cl)c4)c23)C1. The number of carbonyl (C=O) groups excluding carboxylic acids is 1. The van der Waals surface area contributed by atoms with E-state index in [1.54, 1.807) is 35.6 Å². The van der Waals surface area contributed by atoms with Crippen LogP contribution < -0.4 is 10.1 Å². The number of ether oxygens (including phenoxy) is 2. The molecule has 0 bridgehead atoms. The van der Waals surface area contributed by atoms with Crippen LogP contribution in [0.3, 0.4) is 0 Å². The number of fused-ring (bicyclic) bond motifs is 3. The van der Waals surface area contributed by atoms with Gasteiger partial charge in [-0.15, -0.1) is 11.3 Å². The van der Waals surface area contributed by atoms with E-state index < -0.39 is 0 Å². The van der Waals surface area contributed by atoms with Crippen molar-refractivity contribution in [1.82, 2.24) is 19.8 Å². The Bertz CT molecular complexity index is 1610. The van der Waals surface area contributed by atoms with Gasteiger partial charge in [0.1, 0.15) is 35.1 Å². The van der Waals surface area contributed by atoms with Gasteiger partial charge in [0.05, 0.1) is 30.2 Å². The number of morpholine rings is 1. The van der Waals surface area contributed by atoms with E-state index in [1.165, 1.54) is 18.5 Å². The maximum Gasteiger partial charge on any atom is 0.250 e. The summed E-state index contributed by atoms with van der Waals surface area (Å²) in [6, 6.07) is 11.7. The second kappa shape index (κ2) is 12.1. The molecule has 4 heterocycles. The molecule has 0 spiro atoms. The lowest BCUT2D eigenvalue weighted by Gasteiger charge is -2.31. The quantitative estimate of drug-likeness (QED) is 0.267. The average Bonchev–Trinajstić information content (AvgIpc) is 3.36. The van der Waals surface area contributed by atoms with Gasteiger partial charge < -0.3 is 19.7 Å². The lowest BCUT2D eigenvalue weighted by atomic mass is 10.0. The number of benzene rings is 2. The van der Waals surface area contributed by atoms with Gasteiger partial charge in [-0.3, -0.25) is 9.69 Å². The number of rotatable bonds is 8. The first kappa shape index (κ1) is 27.6. The van der Waals surface area contributed by atoms with Crippen LogP contribution in [0.1, 0.15) is 16.0 Å². The zero-order valence-electron chi connectivity index (χ0n) is 22.4. The van der Waals surface area contributed by atoms with Crippen molar-refractivity contribution in [2.75, 3.05) is 44.7 Å². The maximum atomic E-state index is 13.5. The predicted molar refractivity (Wildman–Crippen MR) is 158 cm³/mol. The molecular formula is C30H29ClFN5O3S. The number of aromatic nitrogens is 2. The molecule has 8 nitrogen and oxygen atoms in total. The topological polar surface area (TPSA) is 79.8 Å². The normalized spacial score (nSPS) is 15.5. The zero-order chi connectivity index (χ0) is 28.3. The van der Waals surface area contributed by atoms with E-state index in [4.69, 9.17) is 21.1 Å². The Labute approximate surface area is 246 Å². The smallest absolute Gasteiger partial charge is 0.250 e. The van der Waals surface area contributed by atoms with Crippen molar-refractivity contribution in [2.45, 2.75) is 19.6 Å². The minimum absolute atomic E-state index is 0.00150. The number of nitrogens with zero attached hydrogens (tertiary/aromatic N) is 4. The molecule has 41 heavy (non-hydrogen) atoms. The van der Waals surface area contributed by atoms with Crippen molar-refractivity contribution >= 4 is 50.6 Å². The molecule has 1 N–H and O–H groups in total. The number of halogens is 2. The first-order valence-corrected chi connectivity index (χ1v) is 14.6. The van der Waals surface area contributed by atoms with E-state index in [0.717, 1.165) is 45.0 Å². The summed E-state index contributed by atoms with van der Waals surface area (Å²) in [5.74, 6) is 0.881. The van der Waals surface area contributed by atoms with Gasteiger partial charge in [0.25, 0.3) is 5.91 Å². The molecule has 0 aliphatic carbocycles. The Morgan fingerprint density at radius 2 is 2.02 bits per heavy atom. The van der Waals surface area contributed by atoms with Crippen molar-refractivity contribution < 1.29 is 18.7 Å². The minimum Gasteiger partial charge on any atom is -0.487 e. The van der Waals surface area contributed by atoms with Gasteiger partial charge in [0.2, 0.25) is 0 Å². The van der Waals surface area contributed by atoms with Crippen LogP contribution in [0.4, 0.5) is 15.9 Å². The Kier molecular flexibility index (Phi) is 8.16. The number of nitrogens with one attached hydrogen (secondary N) is 1. The van der Waals surface area contributed by atoms with Crippen LogP contribution in [0, 0.1) is 5.82 Å². The molecule has 2 aromatic carbocycles. The second-order valence-corrected chi connectivity index (χ2v) is 11.6. The minimum atomic E-state index is -0.308. The van der Waals surface area contributed by atoms with Gasteiger partial charge in [-0.1, -0.05) is 30.3 Å². The Hall–Kier alpha value is -3.57. The van der Waals surface area contributed by atoms with Crippen LogP contribution >= 0.6 is 22.9 Å². The van der Waals surface area contributed by atoms with Gasteiger partial charge in [-0.25, -0.2) is 14.4 Å². The van der Waals surface area contributed by atoms with Crippen molar-refractivity contribution in [3.8, 4) is 5.75 Å². The molecule has 1 amide bonds. The average molecular weight is 594 g/mol. The Morgan fingerprint density at radius 3 is 2.83 bits per heavy atom. The molecule has 11 heteroatoms. The second-order valence-electron chi connectivity index (χ2n) is 10.1. The van der Waals surface area contributed by atoms with Crippen molar-refractivity contribution in [1.29, 1.82) is 0 Å². The summed E-state index contributed by atoms with van der Waals surface area (Å²) in [5, 5.41) is 4.78. The van der Waals surface area contributed by atoms with Crippen molar-refractivity contribution in [3.63, 3.8) is 0 Å². The fourth-order valence-corrected chi connectivity index (χ4v) is 6.57. The Balaban J connectivity index is 1.15. The number of amides is 1. The molecule has 0 radical (unpaired) electrons. The number of anilines is 2. The lowest BCUT2D eigenvalue weighted by molar-refractivity contribution is -0.128. The molecule has 0 saturated carbocycles. The van der Waals surface area contributed by atoms with Crippen LogP contribution in [-0.2, 0) is 29.1 Å². The third-order valence-electron chi connectivity index (χ3n) is 7.22. The van der Waals surface area contributed by atoms with Gasteiger partial charge in [-0.2, -0.15) is 0 Å². The zero-order valence-corrected chi connectivity index (χ0v) is 23.9. The molecule has 6 rings (SSSR count). The summed E-state index contributed by atoms with van der Waals surface area (Å²) in [7, 11) is 0. The summed E-state index contributed by atoms with van der Waals surface area (Å²) in [5.41, 5.74) is 3.24. The van der Waals surface area contributed by atoms with E-state index in [9.17, 15) is 9.18 Å². The molecule has 1 saturated heterocycles. The highest BCUT2D eigenvalue weighted by atomic mass is 35.5. The highest BCUT2D eigenvalue weighted by Crippen LogP contribution is 2.39. The van der Waals surface area contributed by atoms with Gasteiger partial charge >= 0.3 is 0 Å². The largest absolute Gasteiger partial charge is 0.487 e. The summed E-state index contributed by atoms with van der Waals surface area (Å²) >= 11 is 8.10. The fourth-order valence-electron chi connectivity index (χ4n) is 5.14. The number of carbonyl (C=O) groups is 1. The van der Waals surface area contributed by atoms with Crippen molar-refractivity contribution in [3.05, 3.63) is 87.8 Å². The highest BCUT2D eigenvalue weighted by molar-refractivity contribution is 7.19. The molecule has 0 unspecified atom stereocenters. The van der Waals surface area contributed by atoms with Crippen molar-refractivity contribution in [2.24, 2.45) is 0 Å². The monoisotopic (exact) mass is 593 g/mol. The predicted octanol–water partition coefficient (Wildman–Crippen LogP) is 5.58. The van der Waals surface area contributed by atoms with E-state index >= 15 is 0 Å². The number of hydrogen-bond donors (Lipinski definition) is 1. The molecular weight excluding hydrogens is 565 g/mol. The molecule has 2 aromatic heterocycles. The summed E-state index contributed by atoms with van der Waals surface area (Å²) in [6.45, 7) is 9.01. The maximum absolute atomic E-state index is 13.5. The molecule has 0 atom stereocenters. The van der Waals surface area contributed by atoms with E-state index in [2.05, 4.69) is 26.8 Å². The summed E-state index contributed by atoms with van der Waals surface area (Å²) in [4.78, 5) is 28.3. The van der Waals surface area contributed by atoms with Crippen LogP contribution in [0.15, 0.2) is 60.9 Å². The van der Waals surface area contributed by atoms with Crippen LogP contribution in [0.5, 0.6) is 5.75 Å². The third-order valence-corrected chi connectivity index (χ3v) is 8.64. The highest BCUT2D eigenvalue weighted by Gasteiger charge is 2.28. The van der Waals surface area contributed by atoms with Gasteiger partial charge in [0.15, 0.2) is 0 Å². The standard InChI is InChI=1S/C30H29ClFN5O3S/c1-19(15-36-9-11-39-12-10-36)30(38)37-8-7-23-26(16-37)41-29-27(23)28(33-18-34-29)35-22-5-6-25(24(31)14-22)40-17-20-3-2-4-21(32)13-20/h2-6,13-14,18H,1,7-12,15-17H2,(H,33,34,35). The fraction of sp³-hybridized carbons (Fsp3) is 0.300. The third kappa shape index (κ3) is 6.20. The molecule has 4 aromatic rings. The Morgan fingerprint density at radius 1 is 1.17 bits per heavy atom. The lowest BCUT2D eigenvalue weighted by Crippen LogP contribution is -2.42. The van der Waals surface area contributed by atoms with E-state index in [1.807, 2.05) is 11.0 Å². The van der Waals surface area contributed by atoms with E-state index in [-0.39, 0.29) is 18.3 Å². The van der Waals surface area contributed by atoms with Crippen LogP contribution in [0.25, 0.3) is 10.2 Å². The molecule has 2 aliphatic rings. The van der Waals surface area contributed by atoms with Gasteiger partial charge in [-0.05, 0) is 47.9 Å². The molecule has 1 fully saturated rings.